The number of rotatable bonds is 6. The van der Waals surface area contributed by atoms with E-state index in [1.165, 1.54) is 0 Å². The van der Waals surface area contributed by atoms with Crippen LogP contribution in [0.15, 0.2) is 90.2 Å². The minimum absolute atomic E-state index is 0.189. The van der Waals surface area contributed by atoms with Crippen molar-refractivity contribution in [1.82, 2.24) is 9.97 Å². The van der Waals surface area contributed by atoms with Gasteiger partial charge in [-0.15, -0.1) is 0 Å². The zero-order valence-corrected chi connectivity index (χ0v) is 18.5. The van der Waals surface area contributed by atoms with Crippen molar-refractivity contribution >= 4 is 29.0 Å². The highest BCUT2D eigenvalue weighted by atomic mass is 16.5. The van der Waals surface area contributed by atoms with E-state index in [2.05, 4.69) is 15.3 Å². The summed E-state index contributed by atoms with van der Waals surface area (Å²) in [4.78, 5) is 37.6. The van der Waals surface area contributed by atoms with Crippen molar-refractivity contribution in [2.45, 2.75) is 12.8 Å². The van der Waals surface area contributed by atoms with Gasteiger partial charge < -0.3 is 15.0 Å². The van der Waals surface area contributed by atoms with Crippen molar-refractivity contribution in [1.29, 1.82) is 0 Å². The Morgan fingerprint density at radius 3 is 2.53 bits per heavy atom. The van der Waals surface area contributed by atoms with Crippen LogP contribution >= 0.6 is 0 Å². The van der Waals surface area contributed by atoms with Crippen LogP contribution in [0.4, 0.5) is 11.4 Å². The van der Waals surface area contributed by atoms with Crippen LogP contribution < -0.4 is 5.32 Å². The Bertz CT molecular complexity index is 1360. The summed E-state index contributed by atoms with van der Waals surface area (Å²) in [5.74, 6) is -0.443. The van der Waals surface area contributed by atoms with E-state index in [1.54, 1.807) is 37.5 Å². The summed E-state index contributed by atoms with van der Waals surface area (Å²) in [7, 11) is 0. The van der Waals surface area contributed by atoms with Gasteiger partial charge in [-0.1, -0.05) is 36.4 Å². The van der Waals surface area contributed by atoms with Crippen molar-refractivity contribution in [2.75, 3.05) is 11.9 Å². The highest BCUT2D eigenvalue weighted by Crippen LogP contribution is 2.37. The van der Waals surface area contributed by atoms with Crippen LogP contribution in [0.5, 0.6) is 0 Å². The molecule has 0 saturated heterocycles. The second kappa shape index (κ2) is 9.15. The number of imidazole rings is 1. The molecule has 7 heteroatoms. The van der Waals surface area contributed by atoms with Crippen molar-refractivity contribution < 1.29 is 14.3 Å². The first-order valence-electron chi connectivity index (χ1n) is 11.0. The van der Waals surface area contributed by atoms with E-state index in [0.29, 0.717) is 17.0 Å². The normalized spacial score (nSPS) is 15.0. The number of carbonyl (C=O) groups is 2. The average molecular weight is 450 g/mol. The highest BCUT2D eigenvalue weighted by molar-refractivity contribution is 6.24. The van der Waals surface area contributed by atoms with Crippen LogP contribution in [-0.2, 0) is 9.53 Å². The van der Waals surface area contributed by atoms with Crippen LogP contribution in [0.25, 0.3) is 11.4 Å². The summed E-state index contributed by atoms with van der Waals surface area (Å²) in [5.41, 5.74) is 4.91. The lowest BCUT2D eigenvalue weighted by Gasteiger charge is -2.14. The molecule has 5 rings (SSSR count). The molecule has 1 amide bonds. The van der Waals surface area contributed by atoms with E-state index in [9.17, 15) is 9.59 Å². The van der Waals surface area contributed by atoms with Crippen molar-refractivity contribution in [3.63, 3.8) is 0 Å². The third-order valence-electron chi connectivity index (χ3n) is 5.63. The molecule has 0 spiro atoms. The molecule has 1 aliphatic rings. The molecule has 0 bridgehead atoms. The fourth-order valence-electron chi connectivity index (χ4n) is 4.04. The number of fused-ring (bicyclic) bond motifs is 1. The molecular weight excluding hydrogens is 428 g/mol. The number of esters is 1. The third kappa shape index (κ3) is 4.11. The third-order valence-corrected chi connectivity index (χ3v) is 5.63. The number of nitrogens with one attached hydrogen (secondary N) is 2. The fraction of sp³-hybridized carbons (Fsp3) is 0.111. The van der Waals surface area contributed by atoms with E-state index < -0.39 is 11.9 Å². The Morgan fingerprint density at radius 1 is 1.03 bits per heavy atom. The van der Waals surface area contributed by atoms with Crippen molar-refractivity contribution in [3.8, 4) is 11.4 Å². The number of nitrogens with zero attached hydrogens (tertiary/aromatic N) is 2. The van der Waals surface area contributed by atoms with Gasteiger partial charge in [0.2, 0.25) is 5.91 Å². The van der Waals surface area contributed by atoms with E-state index in [0.717, 1.165) is 28.2 Å². The number of aliphatic imine (C=N–C) groups is 1. The molecule has 34 heavy (non-hydrogen) atoms. The number of benzene rings is 3. The number of H-pyrrole nitrogens is 1. The summed E-state index contributed by atoms with van der Waals surface area (Å²) in [6, 6.07) is 22.5. The van der Waals surface area contributed by atoms with Gasteiger partial charge >= 0.3 is 5.97 Å². The molecule has 0 radical (unpaired) electrons. The average Bonchev–Trinajstić information content (AvgIpc) is 3.51. The molecule has 0 aliphatic carbocycles. The summed E-state index contributed by atoms with van der Waals surface area (Å²) in [5, 5.41) is 2.91. The molecule has 1 aromatic heterocycles. The van der Waals surface area contributed by atoms with E-state index >= 15 is 0 Å². The predicted molar refractivity (Wildman–Crippen MR) is 130 cm³/mol. The first-order valence-corrected chi connectivity index (χ1v) is 11.0. The first kappa shape index (κ1) is 21.3. The predicted octanol–water partition coefficient (Wildman–Crippen LogP) is 5.11. The number of amides is 1. The van der Waals surface area contributed by atoms with E-state index in [4.69, 9.17) is 9.73 Å². The number of aromatic amines is 1. The van der Waals surface area contributed by atoms with Gasteiger partial charge in [-0.25, -0.2) is 9.78 Å². The second-order valence-electron chi connectivity index (χ2n) is 7.79. The summed E-state index contributed by atoms with van der Waals surface area (Å²) >= 11 is 0. The standard InChI is InChI=1S/C27H22N4O3/c1-2-34-27(33)19-10-13-21-22(16-19)31-26(32)23(21)24(17-6-4-3-5-7-17)30-20-11-8-18(9-12-20)25-28-14-15-29-25/h3-16,23H,2H2,1H3,(H,28,29)(H,31,32). The summed E-state index contributed by atoms with van der Waals surface area (Å²) in [6.07, 6.45) is 3.48. The molecule has 1 atom stereocenters. The number of carbonyl (C=O) groups excluding carboxylic acids is 2. The van der Waals surface area contributed by atoms with Gasteiger partial charge in [-0.05, 0) is 54.4 Å². The fourth-order valence-corrected chi connectivity index (χ4v) is 4.04. The van der Waals surface area contributed by atoms with Crippen molar-refractivity contribution in [3.05, 3.63) is 102 Å². The molecular formula is C27H22N4O3. The van der Waals surface area contributed by atoms with Crippen molar-refractivity contribution in [2.24, 2.45) is 4.99 Å². The van der Waals surface area contributed by atoms with Crippen LogP contribution in [0.3, 0.4) is 0 Å². The molecule has 4 aromatic rings. The minimum Gasteiger partial charge on any atom is -0.462 e. The second-order valence-corrected chi connectivity index (χ2v) is 7.79. The summed E-state index contributed by atoms with van der Waals surface area (Å²) < 4.78 is 5.09. The molecule has 2 N–H and O–H groups in total. The lowest BCUT2D eigenvalue weighted by atomic mass is 9.90. The number of hydrogen-bond acceptors (Lipinski definition) is 5. The monoisotopic (exact) mass is 450 g/mol. The molecule has 7 nitrogen and oxygen atoms in total. The quantitative estimate of drug-likeness (QED) is 0.315. The number of aromatic nitrogens is 2. The van der Waals surface area contributed by atoms with Gasteiger partial charge in [0.05, 0.1) is 23.6 Å². The smallest absolute Gasteiger partial charge is 0.338 e. The Morgan fingerprint density at radius 2 is 1.82 bits per heavy atom. The number of hydrogen-bond donors (Lipinski definition) is 2. The van der Waals surface area contributed by atoms with Crippen LogP contribution in [0.1, 0.15) is 34.3 Å². The molecule has 168 valence electrons. The Balaban J connectivity index is 1.55. The molecule has 1 unspecified atom stereocenters. The van der Waals surface area contributed by atoms with Gasteiger partial charge in [0.15, 0.2) is 0 Å². The molecule has 2 heterocycles. The van der Waals surface area contributed by atoms with Gasteiger partial charge in [-0.2, -0.15) is 0 Å². The maximum atomic E-state index is 13.1. The lowest BCUT2D eigenvalue weighted by molar-refractivity contribution is -0.115. The SMILES string of the molecule is CCOC(=O)c1ccc2c(c1)NC(=O)C2C(=Nc1ccc(-c2ncc[nH]2)cc1)c1ccccc1. The molecule has 0 saturated carbocycles. The van der Waals surface area contributed by atoms with Gasteiger partial charge in [0.25, 0.3) is 0 Å². The van der Waals surface area contributed by atoms with E-state index in [-0.39, 0.29) is 12.5 Å². The topological polar surface area (TPSA) is 96.4 Å². The first-order chi connectivity index (χ1) is 16.6. The van der Waals surface area contributed by atoms with Gasteiger partial charge in [0.1, 0.15) is 11.7 Å². The maximum Gasteiger partial charge on any atom is 0.338 e. The van der Waals surface area contributed by atoms with Gasteiger partial charge in [-0.3, -0.25) is 9.79 Å². The Kier molecular flexibility index (Phi) is 5.74. The lowest BCUT2D eigenvalue weighted by Crippen LogP contribution is -2.21. The van der Waals surface area contributed by atoms with Crippen LogP contribution in [0.2, 0.25) is 0 Å². The Labute approximate surface area is 196 Å². The van der Waals surface area contributed by atoms with Gasteiger partial charge in [0, 0.05) is 23.6 Å². The van der Waals surface area contributed by atoms with Crippen LogP contribution in [0, 0.1) is 0 Å². The van der Waals surface area contributed by atoms with Crippen LogP contribution in [-0.4, -0.2) is 34.2 Å². The largest absolute Gasteiger partial charge is 0.462 e. The number of anilines is 1. The van der Waals surface area contributed by atoms with E-state index in [1.807, 2.05) is 54.6 Å². The zero-order valence-electron chi connectivity index (χ0n) is 18.5. The Hall–Kier alpha value is -4.52. The minimum atomic E-state index is -0.613. The number of ether oxygens (including phenoxy) is 1. The highest BCUT2D eigenvalue weighted by Gasteiger charge is 2.36. The maximum absolute atomic E-state index is 13.1. The summed E-state index contributed by atoms with van der Waals surface area (Å²) in [6.45, 7) is 2.04. The molecule has 3 aromatic carbocycles. The molecule has 0 fully saturated rings. The zero-order chi connectivity index (χ0) is 23.5. The molecule has 1 aliphatic heterocycles.